The fourth-order valence-corrected chi connectivity index (χ4v) is 3.28. The second-order valence-electron chi connectivity index (χ2n) is 5.41. The summed E-state index contributed by atoms with van der Waals surface area (Å²) in [7, 11) is 2.05. The Morgan fingerprint density at radius 2 is 2.29 bits per heavy atom. The molecule has 1 aliphatic heterocycles. The SMILES string of the molecule is CN1CCNCC1c1noc(-c2ccccc2SCC(N)=O)n1.Cl. The summed E-state index contributed by atoms with van der Waals surface area (Å²) in [6.45, 7) is 2.71. The van der Waals surface area contributed by atoms with Crippen molar-refractivity contribution in [1.29, 1.82) is 0 Å². The van der Waals surface area contributed by atoms with E-state index in [1.807, 2.05) is 24.3 Å². The molecule has 1 fully saturated rings. The first-order valence-corrected chi connectivity index (χ1v) is 8.39. The quantitative estimate of drug-likeness (QED) is 0.767. The number of nitrogens with zero attached hydrogens (tertiary/aromatic N) is 3. The number of nitrogens with one attached hydrogen (secondary N) is 1. The van der Waals surface area contributed by atoms with Crippen LogP contribution in [0.2, 0.25) is 0 Å². The first-order chi connectivity index (χ1) is 11.1. The molecule has 9 heteroatoms. The molecule has 1 saturated heterocycles. The number of hydrogen-bond acceptors (Lipinski definition) is 7. The van der Waals surface area contributed by atoms with Crippen molar-refractivity contribution in [2.75, 3.05) is 32.4 Å². The molecule has 1 aliphatic rings. The molecule has 24 heavy (non-hydrogen) atoms. The molecule has 3 rings (SSSR count). The van der Waals surface area contributed by atoms with Crippen LogP contribution in [-0.4, -0.2) is 53.4 Å². The molecule has 1 amide bonds. The average molecular weight is 370 g/mol. The smallest absolute Gasteiger partial charge is 0.259 e. The Hall–Kier alpha value is -1.61. The van der Waals surface area contributed by atoms with Gasteiger partial charge in [-0.2, -0.15) is 4.98 Å². The van der Waals surface area contributed by atoms with E-state index in [1.165, 1.54) is 11.8 Å². The summed E-state index contributed by atoms with van der Waals surface area (Å²) in [5, 5.41) is 7.47. The molecule has 1 aromatic heterocycles. The first-order valence-electron chi connectivity index (χ1n) is 7.40. The topological polar surface area (TPSA) is 97.3 Å². The molecule has 3 N–H and O–H groups in total. The lowest BCUT2D eigenvalue weighted by atomic mass is 10.2. The second kappa shape index (κ2) is 8.48. The zero-order valence-electron chi connectivity index (χ0n) is 13.3. The number of aromatic nitrogens is 2. The summed E-state index contributed by atoms with van der Waals surface area (Å²) >= 11 is 1.37. The van der Waals surface area contributed by atoms with Gasteiger partial charge in [-0.25, -0.2) is 0 Å². The lowest BCUT2D eigenvalue weighted by Gasteiger charge is -2.30. The molecular weight excluding hydrogens is 350 g/mol. The molecular formula is C15H20ClN5O2S. The number of amides is 1. The minimum Gasteiger partial charge on any atom is -0.369 e. The van der Waals surface area contributed by atoms with Crippen molar-refractivity contribution in [1.82, 2.24) is 20.4 Å². The van der Waals surface area contributed by atoms with E-state index in [4.69, 9.17) is 10.3 Å². The van der Waals surface area contributed by atoms with Gasteiger partial charge in [-0.15, -0.1) is 24.2 Å². The van der Waals surface area contributed by atoms with E-state index < -0.39 is 0 Å². The van der Waals surface area contributed by atoms with Crippen LogP contribution in [-0.2, 0) is 4.79 Å². The number of likely N-dealkylation sites (N-methyl/N-ethyl adjacent to an activating group) is 1. The number of piperazine rings is 1. The van der Waals surface area contributed by atoms with Gasteiger partial charge in [0.1, 0.15) is 0 Å². The van der Waals surface area contributed by atoms with Crippen LogP contribution in [0, 0.1) is 0 Å². The Morgan fingerprint density at radius 3 is 3.04 bits per heavy atom. The van der Waals surface area contributed by atoms with E-state index in [1.54, 1.807) is 0 Å². The summed E-state index contributed by atoms with van der Waals surface area (Å²) in [4.78, 5) is 18.7. The van der Waals surface area contributed by atoms with Crippen molar-refractivity contribution in [3.05, 3.63) is 30.1 Å². The number of thioether (sulfide) groups is 1. The molecule has 130 valence electrons. The molecule has 0 bridgehead atoms. The monoisotopic (exact) mass is 369 g/mol. The van der Waals surface area contributed by atoms with Crippen LogP contribution in [0.3, 0.4) is 0 Å². The van der Waals surface area contributed by atoms with Gasteiger partial charge in [-0.3, -0.25) is 9.69 Å². The maximum Gasteiger partial charge on any atom is 0.259 e. The molecule has 7 nitrogen and oxygen atoms in total. The van der Waals surface area contributed by atoms with Crippen LogP contribution in [0.25, 0.3) is 11.5 Å². The zero-order chi connectivity index (χ0) is 16.2. The van der Waals surface area contributed by atoms with Gasteiger partial charge in [0.25, 0.3) is 5.89 Å². The highest BCUT2D eigenvalue weighted by Crippen LogP contribution is 2.31. The standard InChI is InChI=1S/C15H19N5O2S.ClH/c1-20-7-6-17-8-11(20)14-18-15(22-19-14)10-4-2-3-5-12(10)23-9-13(16)21;/h2-5,11,17H,6-9H2,1H3,(H2,16,21);1H. The Morgan fingerprint density at radius 1 is 1.50 bits per heavy atom. The lowest BCUT2D eigenvalue weighted by molar-refractivity contribution is -0.115. The van der Waals surface area contributed by atoms with Gasteiger partial charge in [0.15, 0.2) is 5.82 Å². The summed E-state index contributed by atoms with van der Waals surface area (Å²) < 4.78 is 5.45. The van der Waals surface area contributed by atoms with Crippen LogP contribution in [0.1, 0.15) is 11.9 Å². The van der Waals surface area contributed by atoms with Gasteiger partial charge in [0, 0.05) is 24.5 Å². The minimum absolute atomic E-state index is 0. The van der Waals surface area contributed by atoms with Crippen molar-refractivity contribution in [2.45, 2.75) is 10.9 Å². The highest BCUT2D eigenvalue weighted by Gasteiger charge is 2.26. The van der Waals surface area contributed by atoms with Crippen LogP contribution in [0.5, 0.6) is 0 Å². The third-order valence-corrected chi connectivity index (χ3v) is 4.83. The largest absolute Gasteiger partial charge is 0.369 e. The van der Waals surface area contributed by atoms with Gasteiger partial charge >= 0.3 is 0 Å². The van der Waals surface area contributed by atoms with Gasteiger partial charge in [-0.1, -0.05) is 17.3 Å². The Labute approximate surface area is 150 Å². The molecule has 1 atom stereocenters. The fraction of sp³-hybridized carbons (Fsp3) is 0.400. The van der Waals surface area contributed by atoms with E-state index in [-0.39, 0.29) is 30.1 Å². The normalized spacial score (nSPS) is 18.1. The summed E-state index contributed by atoms with van der Waals surface area (Å²) in [6, 6.07) is 7.74. The van der Waals surface area contributed by atoms with Crippen molar-refractivity contribution >= 4 is 30.1 Å². The van der Waals surface area contributed by atoms with Gasteiger partial charge in [0.05, 0.1) is 17.4 Å². The number of carbonyl (C=O) groups is 1. The number of hydrogen-bond donors (Lipinski definition) is 2. The molecule has 0 spiro atoms. The Bertz CT molecular complexity index is 696. The maximum atomic E-state index is 11.0. The predicted octanol–water partition coefficient (Wildman–Crippen LogP) is 1.31. The van der Waals surface area contributed by atoms with Gasteiger partial charge in [0.2, 0.25) is 5.91 Å². The van der Waals surface area contributed by atoms with Crippen LogP contribution >= 0.6 is 24.2 Å². The van der Waals surface area contributed by atoms with Crippen LogP contribution < -0.4 is 11.1 Å². The Kier molecular flexibility index (Phi) is 6.61. The molecule has 1 aromatic carbocycles. The van der Waals surface area contributed by atoms with Crippen molar-refractivity contribution in [3.63, 3.8) is 0 Å². The third kappa shape index (κ3) is 4.27. The second-order valence-corrected chi connectivity index (χ2v) is 6.43. The van der Waals surface area contributed by atoms with E-state index in [0.29, 0.717) is 11.7 Å². The van der Waals surface area contributed by atoms with E-state index in [2.05, 4.69) is 27.4 Å². The van der Waals surface area contributed by atoms with Crippen molar-refractivity contribution in [2.24, 2.45) is 5.73 Å². The summed E-state index contributed by atoms with van der Waals surface area (Å²) in [5.74, 6) is 0.995. The lowest BCUT2D eigenvalue weighted by Crippen LogP contribution is -2.44. The van der Waals surface area contributed by atoms with E-state index in [0.717, 1.165) is 30.1 Å². The minimum atomic E-state index is -0.356. The number of halogens is 1. The Balaban J connectivity index is 0.00000208. The van der Waals surface area contributed by atoms with Crippen LogP contribution in [0.4, 0.5) is 0 Å². The predicted molar refractivity (Wildman–Crippen MR) is 95.1 cm³/mol. The number of primary amides is 1. The van der Waals surface area contributed by atoms with Gasteiger partial charge in [-0.05, 0) is 19.2 Å². The van der Waals surface area contributed by atoms with Crippen LogP contribution in [0.15, 0.2) is 33.7 Å². The maximum absolute atomic E-state index is 11.0. The third-order valence-electron chi connectivity index (χ3n) is 3.74. The molecule has 1 unspecified atom stereocenters. The summed E-state index contributed by atoms with van der Waals surface area (Å²) in [5.41, 5.74) is 6.05. The average Bonchev–Trinajstić information content (AvgIpc) is 3.03. The van der Waals surface area contributed by atoms with E-state index in [9.17, 15) is 4.79 Å². The number of nitrogens with two attached hydrogens (primary N) is 1. The first kappa shape index (κ1) is 18.7. The van der Waals surface area contributed by atoms with E-state index >= 15 is 0 Å². The van der Waals surface area contributed by atoms with Crippen molar-refractivity contribution in [3.8, 4) is 11.5 Å². The zero-order valence-corrected chi connectivity index (χ0v) is 14.9. The number of carbonyl (C=O) groups excluding carboxylic acids is 1. The van der Waals surface area contributed by atoms with Gasteiger partial charge < -0.3 is 15.6 Å². The molecule has 0 saturated carbocycles. The fourth-order valence-electron chi connectivity index (χ4n) is 2.49. The molecule has 2 heterocycles. The highest BCUT2D eigenvalue weighted by atomic mass is 35.5. The molecule has 0 aliphatic carbocycles. The van der Waals surface area contributed by atoms with Crippen molar-refractivity contribution < 1.29 is 9.32 Å². The number of rotatable bonds is 5. The molecule has 0 radical (unpaired) electrons. The molecule has 2 aromatic rings. The summed E-state index contributed by atoms with van der Waals surface area (Å²) in [6.07, 6.45) is 0. The highest BCUT2D eigenvalue weighted by molar-refractivity contribution is 8.00. The number of benzene rings is 1.